The molecule has 2 N–H and O–H groups in total. The van der Waals surface area contributed by atoms with Gasteiger partial charge in [0.1, 0.15) is 5.52 Å². The molecule has 2 aromatic heterocycles. The molecule has 0 aliphatic carbocycles. The number of imidazole rings is 1. The Morgan fingerprint density at radius 3 is 3.12 bits per heavy atom. The summed E-state index contributed by atoms with van der Waals surface area (Å²) in [7, 11) is 0. The van der Waals surface area contributed by atoms with Crippen molar-refractivity contribution in [2.24, 2.45) is 5.92 Å². The first-order valence-corrected chi connectivity index (χ1v) is 6.66. The Bertz CT molecular complexity index is 480. The standard InChI is InChI=1S/C11H16N4S/c1-8(7-16-2)6-15-10-3-4-13-5-9(10)14-11(15)12/h3-5,8H,6-7H2,1-2H3,(H2,12,14). The highest BCUT2D eigenvalue weighted by Crippen LogP contribution is 2.19. The van der Waals surface area contributed by atoms with Crippen molar-refractivity contribution in [3.63, 3.8) is 0 Å². The lowest BCUT2D eigenvalue weighted by molar-refractivity contribution is 0.546. The van der Waals surface area contributed by atoms with Gasteiger partial charge in [0.15, 0.2) is 0 Å². The lowest BCUT2D eigenvalue weighted by Gasteiger charge is -2.12. The van der Waals surface area contributed by atoms with Gasteiger partial charge in [0.2, 0.25) is 5.95 Å². The van der Waals surface area contributed by atoms with Crippen LogP contribution in [0.2, 0.25) is 0 Å². The molecule has 0 amide bonds. The van der Waals surface area contributed by atoms with Crippen molar-refractivity contribution in [3.8, 4) is 0 Å². The number of hydrogen-bond acceptors (Lipinski definition) is 4. The van der Waals surface area contributed by atoms with Gasteiger partial charge in [-0.2, -0.15) is 11.8 Å². The van der Waals surface area contributed by atoms with Crippen LogP contribution in [0.15, 0.2) is 18.5 Å². The van der Waals surface area contributed by atoms with E-state index in [1.165, 1.54) is 0 Å². The second-order valence-corrected chi connectivity index (χ2v) is 4.92. The molecular weight excluding hydrogens is 220 g/mol. The average molecular weight is 236 g/mol. The summed E-state index contributed by atoms with van der Waals surface area (Å²) in [5.41, 5.74) is 7.86. The van der Waals surface area contributed by atoms with E-state index in [0.717, 1.165) is 23.3 Å². The van der Waals surface area contributed by atoms with E-state index >= 15 is 0 Å². The number of rotatable bonds is 4. The second kappa shape index (κ2) is 4.74. The Kier molecular flexibility index (Phi) is 3.33. The zero-order valence-electron chi connectivity index (χ0n) is 9.55. The number of hydrogen-bond donors (Lipinski definition) is 1. The molecule has 86 valence electrons. The van der Waals surface area contributed by atoms with Crippen molar-refractivity contribution in [1.82, 2.24) is 14.5 Å². The molecule has 0 saturated carbocycles. The zero-order chi connectivity index (χ0) is 11.5. The summed E-state index contributed by atoms with van der Waals surface area (Å²) in [5, 5.41) is 0. The molecule has 1 unspecified atom stereocenters. The van der Waals surface area contributed by atoms with E-state index in [1.54, 1.807) is 12.4 Å². The van der Waals surface area contributed by atoms with Crippen LogP contribution < -0.4 is 5.73 Å². The molecule has 0 aliphatic rings. The summed E-state index contributed by atoms with van der Waals surface area (Å²) in [5.74, 6) is 2.29. The predicted octanol–water partition coefficient (Wildman–Crippen LogP) is 2.01. The number of fused-ring (bicyclic) bond motifs is 1. The first-order chi connectivity index (χ1) is 7.72. The normalized spacial score (nSPS) is 13.1. The van der Waals surface area contributed by atoms with Crippen molar-refractivity contribution in [2.75, 3.05) is 17.7 Å². The van der Waals surface area contributed by atoms with Crippen LogP contribution in [0.25, 0.3) is 11.0 Å². The van der Waals surface area contributed by atoms with Crippen molar-refractivity contribution >= 4 is 28.7 Å². The number of nitrogen functional groups attached to an aromatic ring is 1. The smallest absolute Gasteiger partial charge is 0.201 e. The Morgan fingerprint density at radius 1 is 1.56 bits per heavy atom. The van der Waals surface area contributed by atoms with Crippen LogP contribution in [0.4, 0.5) is 5.95 Å². The summed E-state index contributed by atoms with van der Waals surface area (Å²) >= 11 is 1.86. The van der Waals surface area contributed by atoms with Gasteiger partial charge in [-0.05, 0) is 24.0 Å². The Balaban J connectivity index is 2.32. The molecule has 0 fully saturated rings. The molecule has 0 bridgehead atoms. The van der Waals surface area contributed by atoms with E-state index in [-0.39, 0.29) is 0 Å². The van der Waals surface area contributed by atoms with Crippen LogP contribution in [-0.4, -0.2) is 26.5 Å². The fourth-order valence-corrected chi connectivity index (χ4v) is 2.52. The molecule has 2 aromatic rings. The molecule has 2 heterocycles. The maximum Gasteiger partial charge on any atom is 0.201 e. The highest BCUT2D eigenvalue weighted by Gasteiger charge is 2.10. The van der Waals surface area contributed by atoms with Gasteiger partial charge in [-0.3, -0.25) is 4.98 Å². The number of pyridine rings is 1. The fourth-order valence-electron chi connectivity index (χ4n) is 1.84. The van der Waals surface area contributed by atoms with Gasteiger partial charge in [-0.15, -0.1) is 0 Å². The minimum atomic E-state index is 0.580. The van der Waals surface area contributed by atoms with Gasteiger partial charge in [0.05, 0.1) is 11.7 Å². The molecule has 2 rings (SSSR count). The van der Waals surface area contributed by atoms with Crippen LogP contribution in [0.5, 0.6) is 0 Å². The van der Waals surface area contributed by atoms with Gasteiger partial charge in [0, 0.05) is 12.7 Å². The molecule has 0 saturated heterocycles. The number of thioether (sulfide) groups is 1. The number of anilines is 1. The van der Waals surface area contributed by atoms with Crippen LogP contribution in [0.1, 0.15) is 6.92 Å². The number of nitrogens with two attached hydrogens (primary N) is 1. The molecule has 5 heteroatoms. The average Bonchev–Trinajstić information content (AvgIpc) is 2.56. The van der Waals surface area contributed by atoms with Crippen molar-refractivity contribution < 1.29 is 0 Å². The van der Waals surface area contributed by atoms with Gasteiger partial charge in [-0.25, -0.2) is 4.98 Å². The topological polar surface area (TPSA) is 56.7 Å². The molecule has 0 radical (unpaired) electrons. The first-order valence-electron chi connectivity index (χ1n) is 5.27. The second-order valence-electron chi connectivity index (χ2n) is 4.01. The van der Waals surface area contributed by atoms with Crippen LogP contribution in [0.3, 0.4) is 0 Å². The minimum absolute atomic E-state index is 0.580. The van der Waals surface area contributed by atoms with E-state index in [4.69, 9.17) is 5.73 Å². The van der Waals surface area contributed by atoms with Crippen molar-refractivity contribution in [3.05, 3.63) is 18.5 Å². The van der Waals surface area contributed by atoms with Crippen LogP contribution in [-0.2, 0) is 6.54 Å². The molecular formula is C11H16N4S. The molecule has 0 spiro atoms. The molecule has 16 heavy (non-hydrogen) atoms. The third kappa shape index (κ3) is 2.14. The summed E-state index contributed by atoms with van der Waals surface area (Å²) in [6.07, 6.45) is 5.65. The van der Waals surface area contributed by atoms with Gasteiger partial charge < -0.3 is 10.3 Å². The largest absolute Gasteiger partial charge is 0.369 e. The van der Waals surface area contributed by atoms with E-state index in [0.29, 0.717) is 11.9 Å². The van der Waals surface area contributed by atoms with Gasteiger partial charge >= 0.3 is 0 Å². The number of aromatic nitrogens is 3. The summed E-state index contributed by atoms with van der Waals surface area (Å²) in [6.45, 7) is 3.14. The third-order valence-electron chi connectivity index (χ3n) is 2.53. The molecule has 1 atom stereocenters. The van der Waals surface area contributed by atoms with Crippen molar-refractivity contribution in [2.45, 2.75) is 13.5 Å². The SMILES string of the molecule is CSCC(C)Cn1c(N)nc2cnccc21. The molecule has 4 nitrogen and oxygen atoms in total. The summed E-state index contributed by atoms with van der Waals surface area (Å²) < 4.78 is 2.07. The van der Waals surface area contributed by atoms with E-state index in [9.17, 15) is 0 Å². The lowest BCUT2D eigenvalue weighted by atomic mass is 10.2. The predicted molar refractivity (Wildman–Crippen MR) is 69.5 cm³/mol. The van der Waals surface area contributed by atoms with Crippen LogP contribution in [0, 0.1) is 5.92 Å². The maximum absolute atomic E-state index is 5.92. The highest BCUT2D eigenvalue weighted by molar-refractivity contribution is 7.98. The fraction of sp³-hybridized carbons (Fsp3) is 0.455. The van der Waals surface area contributed by atoms with Crippen molar-refractivity contribution in [1.29, 1.82) is 0 Å². The Morgan fingerprint density at radius 2 is 2.38 bits per heavy atom. The Hall–Kier alpha value is -1.23. The Labute approximate surface area is 99.3 Å². The van der Waals surface area contributed by atoms with E-state index in [2.05, 4.69) is 27.7 Å². The lowest BCUT2D eigenvalue weighted by Crippen LogP contribution is -2.12. The summed E-state index contributed by atoms with van der Waals surface area (Å²) in [4.78, 5) is 8.35. The number of nitrogens with zero attached hydrogens (tertiary/aromatic N) is 3. The summed E-state index contributed by atoms with van der Waals surface area (Å²) in [6, 6.07) is 1.96. The third-order valence-corrected chi connectivity index (χ3v) is 3.43. The first kappa shape index (κ1) is 11.3. The van der Waals surface area contributed by atoms with Gasteiger partial charge in [0.25, 0.3) is 0 Å². The quantitative estimate of drug-likeness (QED) is 0.882. The molecule has 0 aromatic carbocycles. The minimum Gasteiger partial charge on any atom is -0.369 e. The van der Waals surface area contributed by atoms with Crippen LogP contribution >= 0.6 is 11.8 Å². The van der Waals surface area contributed by atoms with Gasteiger partial charge in [-0.1, -0.05) is 6.92 Å². The van der Waals surface area contributed by atoms with E-state index < -0.39 is 0 Å². The zero-order valence-corrected chi connectivity index (χ0v) is 10.4. The maximum atomic E-state index is 5.92. The highest BCUT2D eigenvalue weighted by atomic mass is 32.2. The molecule has 0 aliphatic heterocycles. The monoisotopic (exact) mass is 236 g/mol. The van der Waals surface area contributed by atoms with E-state index in [1.807, 2.05) is 17.8 Å².